The van der Waals surface area contributed by atoms with Gasteiger partial charge < -0.3 is 9.30 Å². The first-order valence-electron chi connectivity index (χ1n) is 10.7. The van der Waals surface area contributed by atoms with Crippen LogP contribution in [0.5, 0.6) is 0 Å². The van der Waals surface area contributed by atoms with E-state index in [1.54, 1.807) is 0 Å². The SMILES string of the molecule is C[C@@H](C[C@@H](c1ccccc1)N1CCOCC1)n1c2ccccc2c2ccccc21. The molecule has 29 heavy (non-hydrogen) atoms. The number of fused-ring (bicyclic) bond motifs is 3. The molecule has 0 amide bonds. The highest BCUT2D eigenvalue weighted by Crippen LogP contribution is 2.36. The highest BCUT2D eigenvalue weighted by Gasteiger charge is 2.26. The van der Waals surface area contributed by atoms with Gasteiger partial charge in [0.2, 0.25) is 0 Å². The quantitative estimate of drug-likeness (QED) is 0.431. The van der Waals surface area contributed by atoms with Crippen molar-refractivity contribution in [3.8, 4) is 0 Å². The Hall–Kier alpha value is -2.62. The first-order valence-corrected chi connectivity index (χ1v) is 10.7. The summed E-state index contributed by atoms with van der Waals surface area (Å²) in [5.41, 5.74) is 4.06. The smallest absolute Gasteiger partial charge is 0.0594 e. The molecule has 0 spiro atoms. The molecule has 1 aromatic heterocycles. The van der Waals surface area contributed by atoms with E-state index in [1.165, 1.54) is 27.4 Å². The maximum atomic E-state index is 5.63. The molecule has 4 aromatic rings. The van der Waals surface area contributed by atoms with Crippen LogP contribution in [0.25, 0.3) is 21.8 Å². The third-order valence-electron chi connectivity index (χ3n) is 6.29. The van der Waals surface area contributed by atoms with Crippen LogP contribution in [0.15, 0.2) is 78.9 Å². The second-order valence-corrected chi connectivity index (χ2v) is 8.06. The van der Waals surface area contributed by atoms with Gasteiger partial charge >= 0.3 is 0 Å². The molecule has 1 fully saturated rings. The van der Waals surface area contributed by atoms with E-state index in [9.17, 15) is 0 Å². The lowest BCUT2D eigenvalue weighted by atomic mass is 9.97. The van der Waals surface area contributed by atoms with Crippen molar-refractivity contribution in [2.45, 2.75) is 25.4 Å². The van der Waals surface area contributed by atoms with Crippen molar-refractivity contribution in [3.05, 3.63) is 84.4 Å². The molecule has 2 atom stereocenters. The Kier molecular flexibility index (Phi) is 5.09. The van der Waals surface area contributed by atoms with Crippen LogP contribution >= 0.6 is 0 Å². The van der Waals surface area contributed by atoms with Gasteiger partial charge in [-0.3, -0.25) is 4.90 Å². The second kappa shape index (κ2) is 8.02. The molecule has 3 heteroatoms. The maximum absolute atomic E-state index is 5.63. The Bertz CT molecular complexity index is 1040. The molecule has 148 valence electrons. The van der Waals surface area contributed by atoms with Crippen LogP contribution in [-0.2, 0) is 4.74 Å². The van der Waals surface area contributed by atoms with E-state index in [4.69, 9.17) is 4.74 Å². The highest BCUT2D eigenvalue weighted by molar-refractivity contribution is 6.08. The summed E-state index contributed by atoms with van der Waals surface area (Å²) in [7, 11) is 0. The Morgan fingerprint density at radius 2 is 1.31 bits per heavy atom. The van der Waals surface area contributed by atoms with Crippen LogP contribution in [0.3, 0.4) is 0 Å². The van der Waals surface area contributed by atoms with Gasteiger partial charge in [0, 0.05) is 47.0 Å². The van der Waals surface area contributed by atoms with Crippen LogP contribution in [0.4, 0.5) is 0 Å². The number of rotatable bonds is 5. The van der Waals surface area contributed by atoms with Gasteiger partial charge in [-0.2, -0.15) is 0 Å². The summed E-state index contributed by atoms with van der Waals surface area (Å²) in [6.45, 7) is 6.02. The fraction of sp³-hybridized carbons (Fsp3) is 0.308. The number of para-hydroxylation sites is 2. The lowest BCUT2D eigenvalue weighted by Gasteiger charge is -2.36. The first kappa shape index (κ1) is 18.4. The van der Waals surface area contributed by atoms with E-state index >= 15 is 0 Å². The Labute approximate surface area is 172 Å². The summed E-state index contributed by atoms with van der Waals surface area (Å²) < 4.78 is 8.17. The molecule has 1 saturated heterocycles. The third-order valence-corrected chi connectivity index (χ3v) is 6.29. The predicted molar refractivity (Wildman–Crippen MR) is 120 cm³/mol. The standard InChI is InChI=1S/C26H28N2O/c1-20(19-26(21-9-3-2-4-10-21)27-15-17-29-18-16-27)28-24-13-7-5-11-22(24)23-12-6-8-14-25(23)28/h2-14,20,26H,15-19H2,1H3/t20-,26-/m0/s1. The van der Waals surface area contributed by atoms with E-state index in [-0.39, 0.29) is 0 Å². The summed E-state index contributed by atoms with van der Waals surface area (Å²) in [4.78, 5) is 2.60. The van der Waals surface area contributed by atoms with Crippen molar-refractivity contribution >= 4 is 21.8 Å². The molecule has 0 unspecified atom stereocenters. The second-order valence-electron chi connectivity index (χ2n) is 8.06. The van der Waals surface area contributed by atoms with Crippen LogP contribution < -0.4 is 0 Å². The van der Waals surface area contributed by atoms with Gasteiger partial charge in [0.1, 0.15) is 0 Å². The normalized spacial score (nSPS) is 17.6. The summed E-state index contributed by atoms with van der Waals surface area (Å²) in [5, 5.41) is 2.69. The average molecular weight is 385 g/mol. The zero-order chi connectivity index (χ0) is 19.6. The van der Waals surface area contributed by atoms with Gasteiger partial charge in [-0.05, 0) is 31.0 Å². The number of aromatic nitrogens is 1. The van der Waals surface area contributed by atoms with Gasteiger partial charge in [-0.15, -0.1) is 0 Å². The predicted octanol–water partition coefficient (Wildman–Crippen LogP) is 5.82. The zero-order valence-corrected chi connectivity index (χ0v) is 17.0. The van der Waals surface area contributed by atoms with Crippen molar-refractivity contribution in [1.29, 1.82) is 0 Å². The van der Waals surface area contributed by atoms with Crippen LogP contribution in [0.1, 0.15) is 31.0 Å². The molecule has 0 aliphatic carbocycles. The van der Waals surface area contributed by atoms with Gasteiger partial charge in [0.15, 0.2) is 0 Å². The lowest BCUT2D eigenvalue weighted by Crippen LogP contribution is -2.39. The van der Waals surface area contributed by atoms with Crippen molar-refractivity contribution in [3.63, 3.8) is 0 Å². The summed E-state index contributed by atoms with van der Waals surface area (Å²) in [5.74, 6) is 0. The first-order chi connectivity index (χ1) is 14.3. The number of hydrogen-bond donors (Lipinski definition) is 0. The van der Waals surface area contributed by atoms with Crippen LogP contribution in [0.2, 0.25) is 0 Å². The van der Waals surface area contributed by atoms with Gasteiger partial charge in [-0.1, -0.05) is 66.7 Å². The van der Waals surface area contributed by atoms with Gasteiger partial charge in [-0.25, -0.2) is 0 Å². The number of hydrogen-bond acceptors (Lipinski definition) is 2. The lowest BCUT2D eigenvalue weighted by molar-refractivity contribution is 0.0117. The van der Waals surface area contributed by atoms with Crippen molar-refractivity contribution < 1.29 is 4.74 Å². The molecular formula is C26H28N2O. The summed E-state index contributed by atoms with van der Waals surface area (Å²) in [6, 6.07) is 29.4. The van der Waals surface area contributed by atoms with Gasteiger partial charge in [0.25, 0.3) is 0 Å². The number of ether oxygens (including phenoxy) is 1. The highest BCUT2D eigenvalue weighted by atomic mass is 16.5. The van der Waals surface area contributed by atoms with Gasteiger partial charge in [0.05, 0.1) is 13.2 Å². The third kappa shape index (κ3) is 3.45. The summed E-state index contributed by atoms with van der Waals surface area (Å²) in [6.07, 6.45) is 1.08. The molecule has 3 nitrogen and oxygen atoms in total. The monoisotopic (exact) mass is 384 g/mol. The molecule has 5 rings (SSSR count). The van der Waals surface area contributed by atoms with Crippen molar-refractivity contribution in [1.82, 2.24) is 9.47 Å². The summed E-state index contributed by atoms with van der Waals surface area (Å²) >= 11 is 0. The Balaban J connectivity index is 1.56. The minimum atomic E-state index is 0.382. The average Bonchev–Trinajstić information content (AvgIpc) is 3.13. The molecule has 2 heterocycles. The van der Waals surface area contributed by atoms with E-state index < -0.39 is 0 Å². The molecule has 0 N–H and O–H groups in total. The van der Waals surface area contributed by atoms with Crippen LogP contribution in [0, 0.1) is 0 Å². The maximum Gasteiger partial charge on any atom is 0.0594 e. The molecule has 0 bridgehead atoms. The molecule has 3 aromatic carbocycles. The molecule has 1 aliphatic heterocycles. The van der Waals surface area contributed by atoms with Crippen molar-refractivity contribution in [2.24, 2.45) is 0 Å². The molecule has 1 aliphatic rings. The topological polar surface area (TPSA) is 17.4 Å². The molecule has 0 saturated carbocycles. The Morgan fingerprint density at radius 3 is 1.93 bits per heavy atom. The largest absolute Gasteiger partial charge is 0.379 e. The Morgan fingerprint density at radius 1 is 0.759 bits per heavy atom. The van der Waals surface area contributed by atoms with Crippen molar-refractivity contribution in [2.75, 3.05) is 26.3 Å². The fourth-order valence-corrected chi connectivity index (χ4v) is 4.92. The van der Waals surface area contributed by atoms with E-state index in [0.29, 0.717) is 12.1 Å². The van der Waals surface area contributed by atoms with E-state index in [2.05, 4.69) is 95.3 Å². The minimum Gasteiger partial charge on any atom is -0.379 e. The zero-order valence-electron chi connectivity index (χ0n) is 17.0. The number of morpholine rings is 1. The van der Waals surface area contributed by atoms with E-state index in [1.807, 2.05) is 0 Å². The molecular weight excluding hydrogens is 356 g/mol. The fourth-order valence-electron chi connectivity index (χ4n) is 4.92. The number of nitrogens with zero attached hydrogens (tertiary/aromatic N) is 2. The minimum absolute atomic E-state index is 0.382. The van der Waals surface area contributed by atoms with E-state index in [0.717, 1.165) is 32.7 Å². The number of benzene rings is 3. The van der Waals surface area contributed by atoms with Crippen LogP contribution in [-0.4, -0.2) is 35.8 Å². The molecule has 0 radical (unpaired) electrons.